The van der Waals surface area contributed by atoms with Crippen molar-refractivity contribution in [1.29, 1.82) is 0 Å². The maximum atomic E-state index is 14.0. The second kappa shape index (κ2) is 16.4. The number of carbonyl (C=O) groups excluding carboxylic acids is 4. The molecule has 0 unspecified atom stereocenters. The van der Waals surface area contributed by atoms with Gasteiger partial charge in [-0.1, -0.05) is 42.3 Å². The third-order valence-corrected chi connectivity index (χ3v) is 10.5. The number of alkyl carbamates (subject to hydrolysis) is 1. The van der Waals surface area contributed by atoms with Gasteiger partial charge in [-0.15, -0.1) is 0 Å². The number of benzene rings is 1. The number of nitrogens with one attached hydrogen (secondary N) is 1. The Labute approximate surface area is 303 Å². The van der Waals surface area contributed by atoms with E-state index in [1.807, 2.05) is 20.1 Å². The number of esters is 1. The van der Waals surface area contributed by atoms with Gasteiger partial charge in [0.05, 0.1) is 25.3 Å². The van der Waals surface area contributed by atoms with Crippen molar-refractivity contribution in [3.05, 3.63) is 46.5 Å². The first kappa shape index (κ1) is 39.5. The first-order valence-corrected chi connectivity index (χ1v) is 18.1. The Morgan fingerprint density at radius 2 is 2.00 bits per heavy atom. The van der Waals surface area contributed by atoms with Crippen LogP contribution in [0.4, 0.5) is 10.5 Å². The largest absolute Gasteiger partial charge is 0.495 e. The zero-order valence-electron chi connectivity index (χ0n) is 29.8. The molecule has 0 saturated carbocycles. The van der Waals surface area contributed by atoms with Crippen LogP contribution >= 0.6 is 23.2 Å². The van der Waals surface area contributed by atoms with Crippen molar-refractivity contribution in [2.24, 2.45) is 5.92 Å². The van der Waals surface area contributed by atoms with Gasteiger partial charge < -0.3 is 38.6 Å². The molecule has 50 heavy (non-hydrogen) atoms. The van der Waals surface area contributed by atoms with Gasteiger partial charge in [0, 0.05) is 40.0 Å². The van der Waals surface area contributed by atoms with E-state index >= 15 is 0 Å². The van der Waals surface area contributed by atoms with Gasteiger partial charge in [-0.05, 0) is 43.7 Å². The molecule has 13 nitrogen and oxygen atoms in total. The van der Waals surface area contributed by atoms with Crippen molar-refractivity contribution in [3.63, 3.8) is 0 Å². The summed E-state index contributed by atoms with van der Waals surface area (Å²) in [6.45, 7) is 5.12. The van der Waals surface area contributed by atoms with Gasteiger partial charge in [0.15, 0.2) is 12.8 Å². The van der Waals surface area contributed by atoms with E-state index in [9.17, 15) is 24.3 Å². The molecule has 0 radical (unpaired) electrons. The average Bonchev–Trinajstić information content (AvgIpc) is 3.76. The van der Waals surface area contributed by atoms with Crippen LogP contribution in [0.5, 0.6) is 5.75 Å². The van der Waals surface area contributed by atoms with Crippen molar-refractivity contribution in [3.8, 4) is 5.75 Å². The SMILES string of the molecule is BSCCC(=O)N(C)CC(=O)O[C@H]1CC(=O)N(C)c2cc(cc(OC)c2Cl)C/C(C)=C/C=C/[C@@H](OC)[C@@]2(O)C[C@H](OC(=O)N2)[C@@H](C)[C@@H]2O[C@@]12C. The second-order valence-electron chi connectivity index (χ2n) is 13.3. The number of fused-ring (bicyclic) bond motifs is 5. The lowest BCUT2D eigenvalue weighted by molar-refractivity contribution is -0.157. The Bertz CT molecular complexity index is 1530. The molecule has 1 aromatic rings. The minimum Gasteiger partial charge on any atom is -0.495 e. The number of hydrogen-bond acceptors (Lipinski definition) is 11. The molecular weight excluding hydrogens is 689 g/mol. The van der Waals surface area contributed by atoms with Crippen LogP contribution in [0.25, 0.3) is 0 Å². The number of carbonyl (C=O) groups is 4. The number of halogens is 1. The number of rotatable bonds is 8. The topological polar surface area (TPSA) is 156 Å². The first-order chi connectivity index (χ1) is 23.6. The fourth-order valence-corrected chi connectivity index (χ4v) is 7.16. The molecule has 7 atom stereocenters. The molecule has 0 aliphatic carbocycles. The van der Waals surface area contributed by atoms with Crippen LogP contribution in [-0.4, -0.2) is 117 Å². The van der Waals surface area contributed by atoms with Gasteiger partial charge in [-0.2, -0.15) is 0 Å². The quantitative estimate of drug-likeness (QED) is 0.230. The Morgan fingerprint density at radius 1 is 1.28 bits per heavy atom. The number of ether oxygens (including phenoxy) is 5. The third kappa shape index (κ3) is 8.97. The lowest BCUT2D eigenvalue weighted by atomic mass is 9.83. The van der Waals surface area contributed by atoms with E-state index in [0.29, 0.717) is 23.6 Å². The van der Waals surface area contributed by atoms with E-state index in [2.05, 4.69) is 5.32 Å². The summed E-state index contributed by atoms with van der Waals surface area (Å²) in [5, 5.41) is 14.4. The van der Waals surface area contributed by atoms with Crippen LogP contribution in [0, 0.1) is 5.92 Å². The zero-order valence-corrected chi connectivity index (χ0v) is 31.4. The Morgan fingerprint density at radius 3 is 2.66 bits per heavy atom. The van der Waals surface area contributed by atoms with Crippen molar-refractivity contribution >= 4 is 59.9 Å². The van der Waals surface area contributed by atoms with Gasteiger partial charge >= 0.3 is 12.1 Å². The number of nitrogens with zero attached hydrogens (tertiary/aromatic N) is 2. The lowest BCUT2D eigenvalue weighted by Crippen LogP contribution is -2.63. The van der Waals surface area contributed by atoms with Crippen LogP contribution in [-0.2, 0) is 39.8 Å². The fraction of sp³-hybridized carbons (Fsp3) is 0.588. The molecule has 1 aromatic carbocycles. The number of hydrogen-bond donors (Lipinski definition) is 2. The van der Waals surface area contributed by atoms with E-state index in [1.165, 1.54) is 42.7 Å². The summed E-state index contributed by atoms with van der Waals surface area (Å²) in [4.78, 5) is 55.3. The summed E-state index contributed by atoms with van der Waals surface area (Å²) in [5.74, 6) is -0.880. The van der Waals surface area contributed by atoms with E-state index in [4.69, 9.17) is 35.3 Å². The van der Waals surface area contributed by atoms with Crippen molar-refractivity contribution < 1.29 is 48.0 Å². The predicted molar refractivity (Wildman–Crippen MR) is 192 cm³/mol. The number of aliphatic hydroxyl groups is 1. The summed E-state index contributed by atoms with van der Waals surface area (Å²) >= 11 is 8.25. The monoisotopic (exact) mass is 735 g/mol. The van der Waals surface area contributed by atoms with E-state index < -0.39 is 59.6 Å². The summed E-state index contributed by atoms with van der Waals surface area (Å²) < 4.78 is 29.0. The van der Waals surface area contributed by atoms with Crippen LogP contribution in [0.1, 0.15) is 45.6 Å². The Kier molecular flexibility index (Phi) is 13.0. The lowest BCUT2D eigenvalue weighted by Gasteiger charge is -2.42. The van der Waals surface area contributed by atoms with Crippen LogP contribution in [0.15, 0.2) is 35.9 Å². The van der Waals surface area contributed by atoms with E-state index in [0.717, 1.165) is 11.1 Å². The summed E-state index contributed by atoms with van der Waals surface area (Å²) in [6.07, 6.45) is 1.32. The number of anilines is 1. The molecule has 3 aliphatic heterocycles. The molecule has 0 aromatic heterocycles. The van der Waals surface area contributed by atoms with Crippen LogP contribution in [0.2, 0.25) is 5.02 Å². The van der Waals surface area contributed by atoms with Gasteiger partial charge in [0.2, 0.25) is 11.8 Å². The van der Waals surface area contributed by atoms with Crippen LogP contribution < -0.4 is 15.0 Å². The maximum Gasteiger partial charge on any atom is 0.409 e. The van der Waals surface area contributed by atoms with Crippen molar-refractivity contribution in [2.45, 2.75) is 82.2 Å². The highest BCUT2D eigenvalue weighted by Crippen LogP contribution is 2.49. The maximum absolute atomic E-state index is 14.0. The molecule has 0 spiro atoms. The molecule has 3 heterocycles. The molecule has 2 N–H and O–H groups in total. The second-order valence-corrected chi connectivity index (χ2v) is 14.6. The zero-order chi connectivity index (χ0) is 37.0. The number of methoxy groups -OCH3 is 2. The summed E-state index contributed by atoms with van der Waals surface area (Å²) in [6, 6.07) is 3.59. The Balaban J connectivity index is 1.74. The molecule has 4 bridgehead atoms. The van der Waals surface area contributed by atoms with Gasteiger partial charge in [0.25, 0.3) is 0 Å². The molecule has 2 fully saturated rings. The number of likely N-dealkylation sites (N-methyl/N-ethyl adjacent to an activating group) is 1. The molecule has 4 rings (SSSR count). The normalized spacial score (nSPS) is 31.7. The van der Waals surface area contributed by atoms with Crippen LogP contribution in [0.3, 0.4) is 0 Å². The molecular formula is C34H47BClN3O10S. The Hall–Kier alpha value is -3.24. The van der Waals surface area contributed by atoms with E-state index in [1.54, 1.807) is 45.2 Å². The predicted octanol–water partition coefficient (Wildman–Crippen LogP) is 2.80. The average molecular weight is 736 g/mol. The number of amides is 3. The van der Waals surface area contributed by atoms with E-state index in [-0.39, 0.29) is 36.7 Å². The number of allylic oxidation sites excluding steroid dienone is 3. The van der Waals surface area contributed by atoms with Gasteiger partial charge in [-0.25, -0.2) is 16.4 Å². The summed E-state index contributed by atoms with van der Waals surface area (Å²) in [7, 11) is 7.91. The molecule has 2 saturated heterocycles. The van der Waals surface area contributed by atoms with Gasteiger partial charge in [0.1, 0.15) is 41.2 Å². The van der Waals surface area contributed by atoms with Gasteiger partial charge in [-0.3, -0.25) is 19.7 Å². The minimum absolute atomic E-state index is 0.0411. The molecule has 16 heteroatoms. The molecule has 274 valence electrons. The third-order valence-electron chi connectivity index (χ3n) is 9.54. The highest BCUT2D eigenvalue weighted by molar-refractivity contribution is 8.19. The first-order valence-electron chi connectivity index (χ1n) is 16.4. The summed E-state index contributed by atoms with van der Waals surface area (Å²) in [5.41, 5.74) is -0.855. The highest BCUT2D eigenvalue weighted by Gasteiger charge is 2.64. The smallest absolute Gasteiger partial charge is 0.409 e. The minimum atomic E-state index is -1.81. The molecule has 3 aliphatic rings. The van der Waals surface area contributed by atoms with Crippen molar-refractivity contribution in [1.82, 2.24) is 10.2 Å². The highest BCUT2D eigenvalue weighted by atomic mass is 35.5. The molecule has 3 amide bonds. The number of epoxide rings is 1. The standard InChI is InChI=1S/C34H47BClN3O10S/c1-19-9-8-10-25(46-7)34(44)17-24(47-32(43)37-34)20(2)31-33(3,49-31)26(48-29(42)18-38(4)27(40)11-12-50-35)16-28(41)39(5)22-14-21(13-19)15-23(45-6)30(22)36/h8-10,14-15,20,24-26,31,44H,11-13,16-18,35H2,1-7H3,(H,37,43)/b10-8+,19-9+/t20-,24+,25-,26+,31+,33+,34+/m1/s1. The fourth-order valence-electron chi connectivity index (χ4n) is 6.46. The van der Waals surface area contributed by atoms with Crippen molar-refractivity contribution in [2.75, 3.05) is 45.5 Å².